The fraction of sp³-hybridized carbons (Fsp3) is 0.625. The first-order chi connectivity index (χ1) is 10.2. The smallest absolute Gasteiger partial charge is 0.269 e. The van der Waals surface area contributed by atoms with Crippen LogP contribution in [0, 0.1) is 16.0 Å². The summed E-state index contributed by atoms with van der Waals surface area (Å²) in [4.78, 5) is 12.9. The zero-order valence-corrected chi connectivity index (χ0v) is 12.2. The van der Waals surface area contributed by atoms with Gasteiger partial charge in [-0.15, -0.1) is 0 Å². The van der Waals surface area contributed by atoms with Crippen LogP contribution in [0.1, 0.15) is 44.1 Å². The standard InChI is InChI=1S/C16H22N2O3/c19-11-13-10-14(18(20)21)7-8-16(13)17-9-3-5-12-4-1-2-6-15(12)17/h7-8,10,12,15,19H,1-6,9,11H2. The molecule has 0 spiro atoms. The maximum Gasteiger partial charge on any atom is 0.269 e. The van der Waals surface area contributed by atoms with E-state index in [9.17, 15) is 15.2 Å². The first-order valence-electron chi connectivity index (χ1n) is 7.85. The van der Waals surface area contributed by atoms with Crippen LogP contribution >= 0.6 is 0 Å². The zero-order chi connectivity index (χ0) is 14.8. The minimum atomic E-state index is -0.400. The lowest BCUT2D eigenvalue weighted by Gasteiger charge is -2.46. The van der Waals surface area contributed by atoms with Gasteiger partial charge in [0.1, 0.15) is 0 Å². The van der Waals surface area contributed by atoms with E-state index in [1.165, 1.54) is 44.6 Å². The van der Waals surface area contributed by atoms with Crippen molar-refractivity contribution in [2.45, 2.75) is 51.2 Å². The molecule has 0 aromatic heterocycles. The monoisotopic (exact) mass is 290 g/mol. The van der Waals surface area contributed by atoms with Crippen LogP contribution in [0.4, 0.5) is 11.4 Å². The molecule has 21 heavy (non-hydrogen) atoms. The summed E-state index contributed by atoms with van der Waals surface area (Å²) >= 11 is 0. The Morgan fingerprint density at radius 2 is 2.00 bits per heavy atom. The Labute approximate surface area is 124 Å². The molecule has 1 aliphatic carbocycles. The molecule has 1 saturated carbocycles. The summed E-state index contributed by atoms with van der Waals surface area (Å²) in [7, 11) is 0. The van der Waals surface area contributed by atoms with Crippen LogP contribution in [-0.2, 0) is 6.61 Å². The van der Waals surface area contributed by atoms with E-state index in [0.29, 0.717) is 11.6 Å². The predicted molar refractivity (Wildman–Crippen MR) is 81.3 cm³/mol. The Morgan fingerprint density at radius 3 is 2.76 bits per heavy atom. The molecule has 2 atom stereocenters. The van der Waals surface area contributed by atoms with Crippen LogP contribution in [0.25, 0.3) is 0 Å². The Balaban J connectivity index is 1.92. The van der Waals surface area contributed by atoms with Crippen molar-refractivity contribution in [1.29, 1.82) is 0 Å². The van der Waals surface area contributed by atoms with Crippen molar-refractivity contribution in [2.24, 2.45) is 5.92 Å². The molecule has 1 saturated heterocycles. The fourth-order valence-corrected chi connectivity index (χ4v) is 4.02. The number of nitro groups is 1. The number of non-ortho nitro benzene ring substituents is 1. The van der Waals surface area contributed by atoms with Gasteiger partial charge in [0.2, 0.25) is 0 Å². The van der Waals surface area contributed by atoms with Crippen molar-refractivity contribution < 1.29 is 10.0 Å². The highest BCUT2D eigenvalue weighted by Gasteiger charge is 2.34. The highest BCUT2D eigenvalue weighted by molar-refractivity contribution is 5.58. The van der Waals surface area contributed by atoms with Crippen molar-refractivity contribution >= 4 is 11.4 Å². The zero-order valence-electron chi connectivity index (χ0n) is 12.2. The number of nitrogens with zero attached hydrogens (tertiary/aromatic N) is 2. The molecule has 5 nitrogen and oxygen atoms in total. The maximum absolute atomic E-state index is 10.9. The Kier molecular flexibility index (Phi) is 4.10. The third kappa shape index (κ3) is 2.75. The van der Waals surface area contributed by atoms with Gasteiger partial charge in [-0.1, -0.05) is 12.8 Å². The Bertz CT molecular complexity index is 530. The van der Waals surface area contributed by atoms with Gasteiger partial charge in [0.15, 0.2) is 0 Å². The van der Waals surface area contributed by atoms with E-state index >= 15 is 0 Å². The van der Waals surface area contributed by atoms with E-state index < -0.39 is 4.92 Å². The molecule has 2 unspecified atom stereocenters. The van der Waals surface area contributed by atoms with E-state index in [2.05, 4.69) is 4.90 Å². The summed E-state index contributed by atoms with van der Waals surface area (Å²) in [5, 5.41) is 20.5. The molecule has 1 heterocycles. The second kappa shape index (κ2) is 6.02. The van der Waals surface area contributed by atoms with Crippen molar-refractivity contribution in [3.8, 4) is 0 Å². The van der Waals surface area contributed by atoms with Crippen LogP contribution in [-0.4, -0.2) is 22.6 Å². The number of anilines is 1. The molecular weight excluding hydrogens is 268 g/mol. The highest BCUT2D eigenvalue weighted by atomic mass is 16.6. The summed E-state index contributed by atoms with van der Waals surface area (Å²) in [5.41, 5.74) is 1.72. The molecule has 1 N–H and O–H groups in total. The number of hydrogen-bond acceptors (Lipinski definition) is 4. The third-order valence-corrected chi connectivity index (χ3v) is 5.00. The molecule has 5 heteroatoms. The van der Waals surface area contributed by atoms with Gasteiger partial charge in [0.25, 0.3) is 5.69 Å². The lowest BCUT2D eigenvalue weighted by atomic mass is 9.78. The van der Waals surface area contributed by atoms with Crippen molar-refractivity contribution in [3.63, 3.8) is 0 Å². The number of benzene rings is 1. The SMILES string of the molecule is O=[N+]([O-])c1ccc(N2CCCC3CCCCC32)c(CO)c1. The van der Waals surface area contributed by atoms with Gasteiger partial charge in [0, 0.05) is 36.0 Å². The highest BCUT2D eigenvalue weighted by Crippen LogP contribution is 2.39. The number of aliphatic hydroxyl groups is 1. The lowest BCUT2D eigenvalue weighted by molar-refractivity contribution is -0.384. The predicted octanol–water partition coefficient (Wildman–Crippen LogP) is 3.25. The van der Waals surface area contributed by atoms with Gasteiger partial charge < -0.3 is 10.0 Å². The molecule has 114 valence electrons. The van der Waals surface area contributed by atoms with Crippen LogP contribution in [0.3, 0.4) is 0 Å². The van der Waals surface area contributed by atoms with Gasteiger partial charge >= 0.3 is 0 Å². The molecule has 2 aliphatic rings. The Hall–Kier alpha value is -1.62. The second-order valence-corrected chi connectivity index (χ2v) is 6.18. The van der Waals surface area contributed by atoms with Crippen LogP contribution in [0.2, 0.25) is 0 Å². The molecule has 0 bridgehead atoms. The molecule has 2 fully saturated rings. The van der Waals surface area contributed by atoms with E-state index in [-0.39, 0.29) is 12.3 Å². The Morgan fingerprint density at radius 1 is 1.24 bits per heavy atom. The average molecular weight is 290 g/mol. The lowest BCUT2D eigenvalue weighted by Crippen LogP contribution is -2.47. The van der Waals surface area contributed by atoms with Gasteiger partial charge in [-0.3, -0.25) is 10.1 Å². The molecule has 1 aliphatic heterocycles. The molecule has 3 rings (SSSR count). The van der Waals surface area contributed by atoms with Crippen molar-refractivity contribution in [3.05, 3.63) is 33.9 Å². The maximum atomic E-state index is 10.9. The van der Waals surface area contributed by atoms with Gasteiger partial charge in [0.05, 0.1) is 11.5 Å². The van der Waals surface area contributed by atoms with Gasteiger partial charge in [-0.25, -0.2) is 0 Å². The van der Waals surface area contributed by atoms with Crippen LogP contribution < -0.4 is 4.90 Å². The summed E-state index contributed by atoms with van der Waals surface area (Å²) in [6, 6.07) is 5.43. The number of hydrogen-bond donors (Lipinski definition) is 1. The minimum Gasteiger partial charge on any atom is -0.392 e. The molecule has 1 aromatic carbocycles. The van der Waals surface area contributed by atoms with Crippen molar-refractivity contribution in [1.82, 2.24) is 0 Å². The largest absolute Gasteiger partial charge is 0.392 e. The van der Waals surface area contributed by atoms with Crippen LogP contribution in [0.15, 0.2) is 18.2 Å². The molecule has 0 amide bonds. The van der Waals surface area contributed by atoms with E-state index in [4.69, 9.17) is 0 Å². The molecule has 1 aromatic rings. The van der Waals surface area contributed by atoms with Crippen molar-refractivity contribution in [2.75, 3.05) is 11.4 Å². The summed E-state index contributed by atoms with van der Waals surface area (Å²) in [5.74, 6) is 0.745. The second-order valence-electron chi connectivity index (χ2n) is 6.18. The average Bonchev–Trinajstić information content (AvgIpc) is 2.53. The topological polar surface area (TPSA) is 66.6 Å². The normalized spacial score (nSPS) is 25.5. The van der Waals surface area contributed by atoms with Crippen LogP contribution in [0.5, 0.6) is 0 Å². The summed E-state index contributed by atoms with van der Waals surface area (Å²) in [6.45, 7) is 0.844. The number of rotatable bonds is 3. The first-order valence-corrected chi connectivity index (χ1v) is 7.85. The van der Waals surface area contributed by atoms with E-state index in [0.717, 1.165) is 18.2 Å². The molecule has 0 radical (unpaired) electrons. The van der Waals surface area contributed by atoms with E-state index in [1.54, 1.807) is 6.07 Å². The quantitative estimate of drug-likeness (QED) is 0.685. The summed E-state index contributed by atoms with van der Waals surface area (Å²) < 4.78 is 0. The number of aliphatic hydroxyl groups excluding tert-OH is 1. The van der Waals surface area contributed by atoms with Gasteiger partial charge in [-0.05, 0) is 37.7 Å². The fourth-order valence-electron chi connectivity index (χ4n) is 4.02. The van der Waals surface area contributed by atoms with E-state index in [1.807, 2.05) is 6.07 Å². The summed E-state index contributed by atoms with van der Waals surface area (Å²) in [6.07, 6.45) is 7.54. The molecular formula is C16H22N2O3. The van der Waals surface area contributed by atoms with Gasteiger partial charge in [-0.2, -0.15) is 0 Å². The number of nitro benzene ring substituents is 1. The third-order valence-electron chi connectivity index (χ3n) is 5.00. The number of fused-ring (bicyclic) bond motifs is 1. The minimum absolute atomic E-state index is 0.0556. The first kappa shape index (κ1) is 14.3. The number of piperidine rings is 1.